The lowest BCUT2D eigenvalue weighted by Gasteiger charge is -2.26. The zero-order chi connectivity index (χ0) is 25.4. The van der Waals surface area contributed by atoms with Crippen LogP contribution in [0.5, 0.6) is 11.5 Å². The lowest BCUT2D eigenvalue weighted by atomic mass is 9.95. The van der Waals surface area contributed by atoms with Crippen LogP contribution in [-0.4, -0.2) is 28.9 Å². The Bertz CT molecular complexity index is 1540. The van der Waals surface area contributed by atoms with Gasteiger partial charge in [-0.15, -0.1) is 0 Å². The maximum atomic E-state index is 13.7. The molecular formula is C25H22BrClN2O5S. The molecule has 0 radical (unpaired) electrons. The first-order chi connectivity index (χ1) is 16.6. The average Bonchev–Trinajstić information content (AvgIpc) is 3.09. The van der Waals surface area contributed by atoms with Crippen molar-refractivity contribution in [3.05, 3.63) is 88.0 Å². The van der Waals surface area contributed by atoms with E-state index in [0.717, 1.165) is 15.8 Å². The van der Waals surface area contributed by atoms with Crippen LogP contribution in [0.3, 0.4) is 0 Å². The van der Waals surface area contributed by atoms with Crippen molar-refractivity contribution in [2.24, 2.45) is 4.99 Å². The number of halogens is 2. The molecule has 1 atom stereocenters. The third kappa shape index (κ3) is 4.94. The van der Waals surface area contributed by atoms with Crippen molar-refractivity contribution in [1.29, 1.82) is 0 Å². The van der Waals surface area contributed by atoms with Crippen molar-refractivity contribution in [3.63, 3.8) is 0 Å². The SMILES string of the molecule is COc1ccc(Br)cc1[C@@H]1C(C(=O)OC(C)C)=C(C)N=c2s/c(=C\c3cc(Cl)ccc3O)c(=O)n21. The molecule has 4 rings (SSSR count). The Labute approximate surface area is 218 Å². The molecular weight excluding hydrogens is 556 g/mol. The van der Waals surface area contributed by atoms with Gasteiger partial charge in [0.05, 0.1) is 29.0 Å². The van der Waals surface area contributed by atoms with Crippen LogP contribution in [0.2, 0.25) is 5.02 Å². The predicted molar refractivity (Wildman–Crippen MR) is 139 cm³/mol. The van der Waals surface area contributed by atoms with Crippen molar-refractivity contribution in [1.82, 2.24) is 4.57 Å². The number of methoxy groups -OCH3 is 1. The number of hydrogen-bond donors (Lipinski definition) is 1. The van der Waals surface area contributed by atoms with Gasteiger partial charge in [0.25, 0.3) is 5.56 Å². The van der Waals surface area contributed by atoms with Gasteiger partial charge in [0.2, 0.25) is 0 Å². The summed E-state index contributed by atoms with van der Waals surface area (Å²) >= 11 is 10.7. The van der Waals surface area contributed by atoms with E-state index in [2.05, 4.69) is 20.9 Å². The van der Waals surface area contributed by atoms with Crippen LogP contribution in [0.4, 0.5) is 0 Å². The van der Waals surface area contributed by atoms with Gasteiger partial charge in [-0.05, 0) is 63.2 Å². The molecule has 3 aromatic rings. The third-order valence-electron chi connectivity index (χ3n) is 5.35. The number of carbonyl (C=O) groups excluding carboxylic acids is 1. The second-order valence-electron chi connectivity index (χ2n) is 8.13. The zero-order valence-corrected chi connectivity index (χ0v) is 22.5. The molecule has 0 aliphatic carbocycles. The average molecular weight is 578 g/mol. The maximum absolute atomic E-state index is 13.7. The van der Waals surface area contributed by atoms with Crippen molar-refractivity contribution in [2.45, 2.75) is 32.9 Å². The summed E-state index contributed by atoms with van der Waals surface area (Å²) in [5.74, 6) is -0.0670. The van der Waals surface area contributed by atoms with Gasteiger partial charge in [-0.25, -0.2) is 9.79 Å². The monoisotopic (exact) mass is 576 g/mol. The minimum absolute atomic E-state index is 0.0113. The van der Waals surface area contributed by atoms with Gasteiger partial charge in [0, 0.05) is 20.6 Å². The Morgan fingerprint density at radius 1 is 1.29 bits per heavy atom. The van der Waals surface area contributed by atoms with Gasteiger partial charge in [0.15, 0.2) is 4.80 Å². The Morgan fingerprint density at radius 2 is 2.03 bits per heavy atom. The highest BCUT2D eigenvalue weighted by atomic mass is 79.9. The molecule has 2 heterocycles. The van der Waals surface area contributed by atoms with Crippen LogP contribution < -0.4 is 19.6 Å². The third-order valence-corrected chi connectivity index (χ3v) is 7.06. The number of carbonyl (C=O) groups is 1. The maximum Gasteiger partial charge on any atom is 0.338 e. The number of nitrogens with zero attached hydrogens (tertiary/aromatic N) is 2. The summed E-state index contributed by atoms with van der Waals surface area (Å²) in [4.78, 5) is 31.9. The lowest BCUT2D eigenvalue weighted by Crippen LogP contribution is -2.40. The second-order valence-corrected chi connectivity index (χ2v) is 10.5. The Balaban J connectivity index is 2.02. The number of aromatic nitrogens is 1. The molecule has 0 bridgehead atoms. The molecule has 1 aromatic heterocycles. The van der Waals surface area contributed by atoms with E-state index in [9.17, 15) is 14.7 Å². The first-order valence-corrected chi connectivity index (χ1v) is 12.6. The molecule has 182 valence electrons. The Morgan fingerprint density at radius 3 is 2.71 bits per heavy atom. The Hall–Kier alpha value is -2.88. The van der Waals surface area contributed by atoms with E-state index in [4.69, 9.17) is 21.1 Å². The molecule has 1 aliphatic rings. The fourth-order valence-electron chi connectivity index (χ4n) is 3.86. The van der Waals surface area contributed by atoms with Crippen LogP contribution in [0.1, 0.15) is 37.9 Å². The Kier molecular flexibility index (Phi) is 7.21. The second kappa shape index (κ2) is 10.0. The molecule has 0 fully saturated rings. The van der Waals surface area contributed by atoms with E-state index in [0.29, 0.717) is 36.9 Å². The van der Waals surface area contributed by atoms with Crippen LogP contribution in [0.25, 0.3) is 6.08 Å². The van der Waals surface area contributed by atoms with Crippen LogP contribution in [0.15, 0.2) is 61.9 Å². The van der Waals surface area contributed by atoms with Crippen molar-refractivity contribution < 1.29 is 19.4 Å². The van der Waals surface area contributed by atoms with E-state index in [1.165, 1.54) is 17.7 Å². The number of aromatic hydroxyl groups is 1. The summed E-state index contributed by atoms with van der Waals surface area (Å²) in [5.41, 5.74) is 1.32. The van der Waals surface area contributed by atoms with Gasteiger partial charge in [0.1, 0.15) is 17.5 Å². The lowest BCUT2D eigenvalue weighted by molar-refractivity contribution is -0.143. The van der Waals surface area contributed by atoms with Crippen LogP contribution >= 0.6 is 38.9 Å². The van der Waals surface area contributed by atoms with Gasteiger partial charge in [-0.1, -0.05) is 38.9 Å². The van der Waals surface area contributed by atoms with Gasteiger partial charge in [-0.2, -0.15) is 0 Å². The van der Waals surface area contributed by atoms with E-state index in [1.54, 1.807) is 45.0 Å². The number of thiazole rings is 1. The standard InChI is InChI=1S/C25H22BrClN2O5S/c1-12(2)34-24(32)21-13(3)28-25-29(22(21)17-11-15(26)5-8-19(17)33-4)23(31)20(35-25)10-14-9-16(27)6-7-18(14)30/h5-12,22,30H,1-4H3/b20-10-/t22-/m1/s1. The van der Waals surface area contributed by atoms with Crippen LogP contribution in [0, 0.1) is 0 Å². The quantitative estimate of drug-likeness (QED) is 0.457. The minimum Gasteiger partial charge on any atom is -0.507 e. The highest BCUT2D eigenvalue weighted by Crippen LogP contribution is 2.37. The van der Waals surface area contributed by atoms with E-state index < -0.39 is 12.0 Å². The summed E-state index contributed by atoms with van der Waals surface area (Å²) < 4.78 is 13.7. The summed E-state index contributed by atoms with van der Waals surface area (Å²) in [6.07, 6.45) is 1.20. The molecule has 1 aliphatic heterocycles. The minimum atomic E-state index is -0.833. The number of phenols is 1. The first kappa shape index (κ1) is 25.2. The molecule has 35 heavy (non-hydrogen) atoms. The predicted octanol–water partition coefficient (Wildman–Crippen LogP) is 4.32. The first-order valence-electron chi connectivity index (χ1n) is 10.7. The number of rotatable bonds is 5. The van der Waals surface area contributed by atoms with Crippen molar-refractivity contribution >= 4 is 50.9 Å². The van der Waals surface area contributed by atoms with Gasteiger partial charge < -0.3 is 14.6 Å². The molecule has 0 saturated heterocycles. The number of hydrogen-bond acceptors (Lipinski definition) is 7. The highest BCUT2D eigenvalue weighted by Gasteiger charge is 2.35. The topological polar surface area (TPSA) is 90.1 Å². The van der Waals surface area contributed by atoms with E-state index >= 15 is 0 Å². The summed E-state index contributed by atoms with van der Waals surface area (Å²) in [5, 5.41) is 10.7. The smallest absolute Gasteiger partial charge is 0.338 e. The van der Waals surface area contributed by atoms with Crippen LogP contribution in [-0.2, 0) is 9.53 Å². The molecule has 0 amide bonds. The van der Waals surface area contributed by atoms with Gasteiger partial charge in [-0.3, -0.25) is 9.36 Å². The fourth-order valence-corrected chi connectivity index (χ4v) is 5.45. The molecule has 0 unspecified atom stereocenters. The van der Waals surface area contributed by atoms with Crippen molar-refractivity contribution in [2.75, 3.05) is 7.11 Å². The summed E-state index contributed by atoms with van der Waals surface area (Å²) in [6.45, 7) is 5.23. The largest absolute Gasteiger partial charge is 0.507 e. The zero-order valence-electron chi connectivity index (χ0n) is 19.3. The van der Waals surface area contributed by atoms with E-state index in [1.807, 2.05) is 12.1 Å². The molecule has 0 saturated carbocycles. The molecule has 10 heteroatoms. The summed E-state index contributed by atoms with van der Waals surface area (Å²) in [6, 6.07) is 9.15. The molecule has 2 aromatic carbocycles. The summed E-state index contributed by atoms with van der Waals surface area (Å²) in [7, 11) is 1.53. The molecule has 0 spiro atoms. The highest BCUT2D eigenvalue weighted by molar-refractivity contribution is 9.10. The molecule has 7 nitrogen and oxygen atoms in total. The number of esters is 1. The van der Waals surface area contributed by atoms with E-state index in [-0.39, 0.29) is 23.0 Å². The van der Waals surface area contributed by atoms with Crippen molar-refractivity contribution in [3.8, 4) is 11.5 Å². The number of allylic oxidation sites excluding steroid dienone is 1. The fraction of sp³-hybridized carbons (Fsp3) is 0.240. The number of ether oxygens (including phenoxy) is 2. The molecule has 1 N–H and O–H groups in total. The normalized spacial score (nSPS) is 15.7. The number of fused-ring (bicyclic) bond motifs is 1. The number of benzene rings is 2. The van der Waals surface area contributed by atoms with Gasteiger partial charge >= 0.3 is 5.97 Å². The number of phenolic OH excluding ortho intramolecular Hbond substituents is 1.